The van der Waals surface area contributed by atoms with Crippen molar-refractivity contribution >= 4 is 33.2 Å². The van der Waals surface area contributed by atoms with Gasteiger partial charge in [-0.15, -0.1) is 0 Å². The number of benzene rings is 2. The Morgan fingerprint density at radius 3 is 2.58 bits per heavy atom. The maximum Gasteiger partial charge on any atom is 0.216 e. The van der Waals surface area contributed by atoms with Crippen LogP contribution in [-0.2, 0) is 22.3 Å². The topological polar surface area (TPSA) is 64.0 Å². The number of aryl methyl sites for hydroxylation is 1. The predicted octanol–water partition coefficient (Wildman–Crippen LogP) is 4.11. The average molecular weight is 410 g/mol. The maximum absolute atomic E-state index is 12.5. The van der Waals surface area contributed by atoms with E-state index in [-0.39, 0.29) is 12.3 Å². The van der Waals surface area contributed by atoms with E-state index in [0.717, 1.165) is 17.1 Å². The molecule has 0 radical (unpaired) electrons. The molecule has 136 valence electrons. The number of halogens is 2. The number of rotatable bonds is 6. The standard InChI is InChI=1S/C18H17Cl2N3O2S/c1-13-21-8-9-23(13)18-5-3-2-4-14(18)11-22-26(24,25)12-15-6-7-16(19)10-17(15)20/h2-10,22H,11-12H2,1H3. The van der Waals surface area contributed by atoms with E-state index >= 15 is 0 Å². The Labute approximate surface area is 162 Å². The molecule has 1 aromatic heterocycles. The summed E-state index contributed by atoms with van der Waals surface area (Å²) in [5.74, 6) is 0.614. The number of nitrogens with one attached hydrogen (secondary N) is 1. The lowest BCUT2D eigenvalue weighted by Crippen LogP contribution is -2.25. The van der Waals surface area contributed by atoms with Crippen LogP contribution in [0.5, 0.6) is 0 Å². The van der Waals surface area contributed by atoms with Crippen LogP contribution in [0.2, 0.25) is 10.0 Å². The van der Waals surface area contributed by atoms with Crippen molar-refractivity contribution < 1.29 is 8.42 Å². The number of imidazole rings is 1. The second-order valence-corrected chi connectivity index (χ2v) is 8.44. The van der Waals surface area contributed by atoms with Crippen molar-refractivity contribution in [1.82, 2.24) is 14.3 Å². The van der Waals surface area contributed by atoms with Crippen molar-refractivity contribution in [1.29, 1.82) is 0 Å². The van der Waals surface area contributed by atoms with Crippen LogP contribution in [0.4, 0.5) is 0 Å². The van der Waals surface area contributed by atoms with Gasteiger partial charge in [-0.3, -0.25) is 0 Å². The lowest BCUT2D eigenvalue weighted by molar-refractivity contribution is 0.580. The third-order valence-corrected chi connectivity index (χ3v) is 5.78. The molecule has 0 aliphatic rings. The van der Waals surface area contributed by atoms with Crippen LogP contribution in [0.25, 0.3) is 5.69 Å². The minimum absolute atomic E-state index is 0.168. The molecule has 0 fully saturated rings. The molecular weight excluding hydrogens is 393 g/mol. The first-order valence-corrected chi connectivity index (χ1v) is 10.3. The molecule has 0 aliphatic carbocycles. The molecule has 0 amide bonds. The number of aromatic nitrogens is 2. The molecule has 0 aliphatic heterocycles. The Morgan fingerprint density at radius 1 is 1.12 bits per heavy atom. The van der Waals surface area contributed by atoms with E-state index in [1.54, 1.807) is 18.3 Å². The Morgan fingerprint density at radius 2 is 1.88 bits per heavy atom. The van der Waals surface area contributed by atoms with Gasteiger partial charge in [0.1, 0.15) is 5.82 Å². The van der Waals surface area contributed by atoms with E-state index in [0.29, 0.717) is 15.6 Å². The van der Waals surface area contributed by atoms with Gasteiger partial charge in [0, 0.05) is 29.0 Å². The summed E-state index contributed by atoms with van der Waals surface area (Å²) < 4.78 is 29.5. The lowest BCUT2D eigenvalue weighted by Gasteiger charge is -2.13. The molecule has 8 heteroatoms. The van der Waals surface area contributed by atoms with Crippen LogP contribution in [0.3, 0.4) is 0 Å². The molecule has 0 unspecified atom stereocenters. The second-order valence-electron chi connectivity index (χ2n) is 5.79. The summed E-state index contributed by atoms with van der Waals surface area (Å²) in [7, 11) is -3.57. The summed E-state index contributed by atoms with van der Waals surface area (Å²) in [6.45, 7) is 2.06. The van der Waals surface area contributed by atoms with Gasteiger partial charge in [-0.2, -0.15) is 0 Å². The molecule has 0 spiro atoms. The smallest absolute Gasteiger partial charge is 0.216 e. The van der Waals surface area contributed by atoms with E-state index in [4.69, 9.17) is 23.2 Å². The number of para-hydroxylation sites is 1. The Hall–Kier alpha value is -1.86. The van der Waals surface area contributed by atoms with Gasteiger partial charge in [-0.1, -0.05) is 47.5 Å². The normalized spacial score (nSPS) is 11.7. The van der Waals surface area contributed by atoms with E-state index in [9.17, 15) is 8.42 Å². The molecule has 0 saturated carbocycles. The Bertz CT molecular complexity index is 1030. The zero-order valence-corrected chi connectivity index (χ0v) is 16.3. The fourth-order valence-corrected chi connectivity index (χ4v) is 4.30. The zero-order chi connectivity index (χ0) is 18.7. The fraction of sp³-hybridized carbons (Fsp3) is 0.167. The molecule has 0 bridgehead atoms. The highest BCUT2D eigenvalue weighted by Crippen LogP contribution is 2.23. The molecule has 3 aromatic rings. The van der Waals surface area contributed by atoms with Crippen molar-refractivity contribution in [2.45, 2.75) is 19.2 Å². The van der Waals surface area contributed by atoms with Crippen molar-refractivity contribution in [3.8, 4) is 5.69 Å². The average Bonchev–Trinajstić information content (AvgIpc) is 3.02. The van der Waals surface area contributed by atoms with Crippen molar-refractivity contribution in [2.75, 3.05) is 0 Å². The number of hydrogen-bond acceptors (Lipinski definition) is 3. The van der Waals surface area contributed by atoms with Crippen LogP contribution in [0.15, 0.2) is 54.9 Å². The zero-order valence-electron chi connectivity index (χ0n) is 14.0. The van der Waals surface area contributed by atoms with Gasteiger partial charge in [0.2, 0.25) is 10.0 Å². The van der Waals surface area contributed by atoms with Crippen LogP contribution >= 0.6 is 23.2 Å². The van der Waals surface area contributed by atoms with Gasteiger partial charge in [-0.05, 0) is 36.2 Å². The van der Waals surface area contributed by atoms with Crippen LogP contribution < -0.4 is 4.72 Å². The van der Waals surface area contributed by atoms with E-state index in [1.807, 2.05) is 42.0 Å². The minimum atomic E-state index is -3.57. The van der Waals surface area contributed by atoms with Crippen molar-refractivity contribution in [3.05, 3.63) is 81.9 Å². The predicted molar refractivity (Wildman–Crippen MR) is 104 cm³/mol. The molecule has 5 nitrogen and oxygen atoms in total. The summed E-state index contributed by atoms with van der Waals surface area (Å²) in [5.41, 5.74) is 2.23. The van der Waals surface area contributed by atoms with Crippen LogP contribution in [0, 0.1) is 6.92 Å². The molecule has 2 aromatic carbocycles. The molecule has 0 saturated heterocycles. The second kappa shape index (κ2) is 7.80. The third-order valence-electron chi connectivity index (χ3n) is 3.92. The minimum Gasteiger partial charge on any atom is -0.304 e. The molecular formula is C18H17Cl2N3O2S. The van der Waals surface area contributed by atoms with Gasteiger partial charge >= 0.3 is 0 Å². The monoisotopic (exact) mass is 409 g/mol. The number of nitrogens with zero attached hydrogens (tertiary/aromatic N) is 2. The third kappa shape index (κ3) is 4.45. The van der Waals surface area contributed by atoms with E-state index < -0.39 is 10.0 Å². The highest BCUT2D eigenvalue weighted by Gasteiger charge is 2.15. The van der Waals surface area contributed by atoms with Crippen molar-refractivity contribution in [2.24, 2.45) is 0 Å². The van der Waals surface area contributed by atoms with Gasteiger partial charge in [0.05, 0.1) is 11.4 Å². The summed E-state index contributed by atoms with van der Waals surface area (Å²) >= 11 is 11.9. The quantitative estimate of drug-likeness (QED) is 0.665. The Balaban J connectivity index is 1.77. The summed E-state index contributed by atoms with van der Waals surface area (Å²) in [6.07, 6.45) is 3.55. The summed E-state index contributed by atoms with van der Waals surface area (Å²) in [4.78, 5) is 4.21. The molecule has 26 heavy (non-hydrogen) atoms. The van der Waals surface area contributed by atoms with Gasteiger partial charge in [-0.25, -0.2) is 18.1 Å². The molecule has 1 heterocycles. The first kappa shape index (κ1) is 18.9. The Kier molecular flexibility index (Phi) is 5.67. The van der Waals surface area contributed by atoms with E-state index in [2.05, 4.69) is 9.71 Å². The van der Waals surface area contributed by atoms with Crippen molar-refractivity contribution in [3.63, 3.8) is 0 Å². The molecule has 0 atom stereocenters. The first-order valence-electron chi connectivity index (χ1n) is 7.85. The summed E-state index contributed by atoms with van der Waals surface area (Å²) in [5, 5.41) is 0.797. The maximum atomic E-state index is 12.5. The number of sulfonamides is 1. The molecule has 3 rings (SSSR count). The fourth-order valence-electron chi connectivity index (χ4n) is 2.61. The van der Waals surface area contributed by atoms with Gasteiger partial charge < -0.3 is 4.57 Å². The highest BCUT2D eigenvalue weighted by atomic mass is 35.5. The summed E-state index contributed by atoms with van der Waals surface area (Å²) in [6, 6.07) is 12.4. The molecule has 1 N–H and O–H groups in total. The highest BCUT2D eigenvalue weighted by molar-refractivity contribution is 7.88. The largest absolute Gasteiger partial charge is 0.304 e. The lowest BCUT2D eigenvalue weighted by atomic mass is 10.2. The number of hydrogen-bond donors (Lipinski definition) is 1. The first-order chi connectivity index (χ1) is 12.4. The van der Waals surface area contributed by atoms with Crippen LogP contribution in [-0.4, -0.2) is 18.0 Å². The van der Waals surface area contributed by atoms with E-state index in [1.165, 1.54) is 6.07 Å². The SMILES string of the molecule is Cc1nccn1-c1ccccc1CNS(=O)(=O)Cc1ccc(Cl)cc1Cl. The van der Waals surface area contributed by atoms with Gasteiger partial charge in [0.15, 0.2) is 0 Å². The van der Waals surface area contributed by atoms with Gasteiger partial charge in [0.25, 0.3) is 0 Å². The van der Waals surface area contributed by atoms with Crippen LogP contribution in [0.1, 0.15) is 17.0 Å².